The third-order valence-electron chi connectivity index (χ3n) is 3.30. The van der Waals surface area contributed by atoms with E-state index < -0.39 is 0 Å². The second-order valence-corrected chi connectivity index (χ2v) is 4.89. The number of Topliss-reactive ketones (excluding diaryl/α,β-unsaturated/α-hetero) is 1. The number of ketones is 1. The molecule has 0 saturated carbocycles. The Morgan fingerprint density at radius 1 is 1.38 bits per heavy atom. The zero-order valence-corrected chi connectivity index (χ0v) is 12.3. The predicted molar refractivity (Wildman–Crippen MR) is 80.5 cm³/mol. The summed E-state index contributed by atoms with van der Waals surface area (Å²) < 4.78 is 7.08. The number of hydrogen-bond acceptors (Lipinski definition) is 3. The van der Waals surface area contributed by atoms with E-state index in [2.05, 4.69) is 6.07 Å². The molecule has 0 unspecified atom stereocenters. The van der Waals surface area contributed by atoms with Gasteiger partial charge in [-0.2, -0.15) is 5.26 Å². The minimum Gasteiger partial charge on any atom is -0.495 e. The second kappa shape index (κ2) is 6.76. The predicted octanol–water partition coefficient (Wildman–Crippen LogP) is 3.40. The monoisotopic (exact) mass is 282 g/mol. The van der Waals surface area contributed by atoms with E-state index in [4.69, 9.17) is 10.00 Å². The van der Waals surface area contributed by atoms with Crippen molar-refractivity contribution in [1.82, 2.24) is 4.57 Å². The van der Waals surface area contributed by atoms with Crippen LogP contribution < -0.4 is 4.74 Å². The first-order chi connectivity index (χ1) is 10.2. The number of aromatic nitrogens is 1. The molecule has 0 aliphatic carbocycles. The number of rotatable bonds is 6. The Bertz CT molecular complexity index is 680. The van der Waals surface area contributed by atoms with E-state index in [-0.39, 0.29) is 5.78 Å². The summed E-state index contributed by atoms with van der Waals surface area (Å²) in [5.41, 5.74) is 2.26. The SMILES string of the molecule is CCCC(=O)c1ccn(Cc2ccc(OC)c(C#N)c2)c1. The van der Waals surface area contributed by atoms with Crippen molar-refractivity contribution in [2.75, 3.05) is 7.11 Å². The molecule has 1 aromatic heterocycles. The van der Waals surface area contributed by atoms with Crippen LogP contribution in [-0.2, 0) is 6.54 Å². The summed E-state index contributed by atoms with van der Waals surface area (Å²) in [5.74, 6) is 0.747. The van der Waals surface area contributed by atoms with Gasteiger partial charge in [0.1, 0.15) is 11.8 Å². The molecule has 1 heterocycles. The van der Waals surface area contributed by atoms with Crippen LogP contribution in [0.25, 0.3) is 0 Å². The largest absolute Gasteiger partial charge is 0.495 e. The molecule has 0 amide bonds. The molecule has 4 nitrogen and oxygen atoms in total. The maximum absolute atomic E-state index is 11.8. The van der Waals surface area contributed by atoms with E-state index in [1.54, 1.807) is 13.2 Å². The van der Waals surface area contributed by atoms with Gasteiger partial charge < -0.3 is 9.30 Å². The number of nitrogens with zero attached hydrogens (tertiary/aromatic N) is 2. The molecule has 2 aromatic rings. The highest BCUT2D eigenvalue weighted by Gasteiger charge is 2.08. The summed E-state index contributed by atoms with van der Waals surface area (Å²) in [7, 11) is 1.55. The topological polar surface area (TPSA) is 55.0 Å². The lowest BCUT2D eigenvalue weighted by Crippen LogP contribution is -2.00. The standard InChI is InChI=1S/C17H18N2O2/c1-3-4-16(20)14-7-8-19(12-14)11-13-5-6-17(21-2)15(9-13)10-18/h5-9,12H,3-4,11H2,1-2H3. The van der Waals surface area contributed by atoms with E-state index >= 15 is 0 Å². The normalized spacial score (nSPS) is 10.1. The fourth-order valence-corrected chi connectivity index (χ4v) is 2.23. The number of hydrogen-bond donors (Lipinski definition) is 0. The molecule has 108 valence electrons. The average Bonchev–Trinajstić information content (AvgIpc) is 2.96. The van der Waals surface area contributed by atoms with Crippen LogP contribution in [-0.4, -0.2) is 17.5 Å². The third kappa shape index (κ3) is 3.51. The van der Waals surface area contributed by atoms with Gasteiger partial charge in [-0.05, 0) is 30.2 Å². The summed E-state index contributed by atoms with van der Waals surface area (Å²) in [5, 5.41) is 9.09. The van der Waals surface area contributed by atoms with Gasteiger partial charge in [-0.3, -0.25) is 4.79 Å². The number of nitriles is 1. The summed E-state index contributed by atoms with van der Waals surface area (Å²) in [6.45, 7) is 2.62. The fraction of sp³-hybridized carbons (Fsp3) is 0.294. The lowest BCUT2D eigenvalue weighted by atomic mass is 10.1. The Kier molecular flexibility index (Phi) is 4.78. The Balaban J connectivity index is 2.15. The van der Waals surface area contributed by atoms with Gasteiger partial charge >= 0.3 is 0 Å². The van der Waals surface area contributed by atoms with Crippen molar-refractivity contribution in [2.45, 2.75) is 26.3 Å². The molecular formula is C17H18N2O2. The molecule has 0 saturated heterocycles. The number of carbonyl (C=O) groups is 1. The van der Waals surface area contributed by atoms with Crippen molar-refractivity contribution in [1.29, 1.82) is 5.26 Å². The van der Waals surface area contributed by atoms with Crippen molar-refractivity contribution in [3.05, 3.63) is 53.3 Å². The molecule has 0 radical (unpaired) electrons. The van der Waals surface area contributed by atoms with Crippen molar-refractivity contribution in [3.63, 3.8) is 0 Å². The van der Waals surface area contributed by atoms with Gasteiger partial charge in [0, 0.05) is 30.9 Å². The van der Waals surface area contributed by atoms with Crippen LogP contribution in [0.2, 0.25) is 0 Å². The lowest BCUT2D eigenvalue weighted by Gasteiger charge is -2.07. The maximum atomic E-state index is 11.8. The Morgan fingerprint density at radius 2 is 2.19 bits per heavy atom. The van der Waals surface area contributed by atoms with Gasteiger partial charge in [0.2, 0.25) is 0 Å². The van der Waals surface area contributed by atoms with Crippen LogP contribution in [0, 0.1) is 11.3 Å². The van der Waals surface area contributed by atoms with Crippen LogP contribution in [0.3, 0.4) is 0 Å². The Labute approximate surface area is 124 Å². The number of ether oxygens (including phenoxy) is 1. The van der Waals surface area contributed by atoms with Crippen LogP contribution in [0.5, 0.6) is 5.75 Å². The van der Waals surface area contributed by atoms with E-state index in [1.165, 1.54) is 0 Å². The molecule has 1 aromatic carbocycles. The maximum Gasteiger partial charge on any atom is 0.164 e. The molecule has 2 rings (SSSR count). The van der Waals surface area contributed by atoms with Gasteiger partial charge in [0.25, 0.3) is 0 Å². The first-order valence-corrected chi connectivity index (χ1v) is 6.94. The van der Waals surface area contributed by atoms with Gasteiger partial charge in [-0.15, -0.1) is 0 Å². The van der Waals surface area contributed by atoms with Crippen molar-refractivity contribution < 1.29 is 9.53 Å². The highest BCUT2D eigenvalue weighted by atomic mass is 16.5. The molecule has 4 heteroatoms. The van der Waals surface area contributed by atoms with Crippen LogP contribution >= 0.6 is 0 Å². The molecule has 21 heavy (non-hydrogen) atoms. The first-order valence-electron chi connectivity index (χ1n) is 6.94. The zero-order chi connectivity index (χ0) is 15.2. The van der Waals surface area contributed by atoms with Gasteiger partial charge in [-0.1, -0.05) is 13.0 Å². The molecule has 0 fully saturated rings. The van der Waals surface area contributed by atoms with Crippen molar-refractivity contribution in [3.8, 4) is 11.8 Å². The summed E-state index contributed by atoms with van der Waals surface area (Å²) in [6.07, 6.45) is 5.17. The zero-order valence-electron chi connectivity index (χ0n) is 12.3. The molecule has 0 N–H and O–H groups in total. The van der Waals surface area contributed by atoms with E-state index in [9.17, 15) is 4.79 Å². The molecule has 0 bridgehead atoms. The minimum absolute atomic E-state index is 0.170. The molecule has 0 spiro atoms. The first kappa shape index (κ1) is 14.9. The Hall–Kier alpha value is -2.54. The Morgan fingerprint density at radius 3 is 2.86 bits per heavy atom. The number of carbonyl (C=O) groups excluding carboxylic acids is 1. The van der Waals surface area contributed by atoms with Gasteiger partial charge in [-0.25, -0.2) is 0 Å². The van der Waals surface area contributed by atoms with Crippen LogP contribution in [0.4, 0.5) is 0 Å². The number of methoxy groups -OCH3 is 1. The highest BCUT2D eigenvalue weighted by molar-refractivity contribution is 5.95. The van der Waals surface area contributed by atoms with Crippen molar-refractivity contribution in [2.24, 2.45) is 0 Å². The lowest BCUT2D eigenvalue weighted by molar-refractivity contribution is 0.0981. The summed E-state index contributed by atoms with van der Waals surface area (Å²) in [6, 6.07) is 9.49. The van der Waals surface area contributed by atoms with E-state index in [0.29, 0.717) is 24.3 Å². The third-order valence-corrected chi connectivity index (χ3v) is 3.30. The second-order valence-electron chi connectivity index (χ2n) is 4.89. The van der Waals surface area contributed by atoms with Crippen LogP contribution in [0.15, 0.2) is 36.7 Å². The average molecular weight is 282 g/mol. The van der Waals surface area contributed by atoms with Crippen LogP contribution in [0.1, 0.15) is 41.3 Å². The molecule has 0 aliphatic heterocycles. The van der Waals surface area contributed by atoms with Gasteiger partial charge in [0.15, 0.2) is 5.78 Å². The van der Waals surface area contributed by atoms with E-state index in [1.807, 2.05) is 42.1 Å². The minimum atomic E-state index is 0.170. The summed E-state index contributed by atoms with van der Waals surface area (Å²) >= 11 is 0. The molecular weight excluding hydrogens is 264 g/mol. The molecule has 0 aliphatic rings. The van der Waals surface area contributed by atoms with E-state index in [0.717, 1.165) is 17.5 Å². The fourth-order valence-electron chi connectivity index (χ4n) is 2.23. The summed E-state index contributed by atoms with van der Waals surface area (Å²) in [4.78, 5) is 11.8. The number of benzene rings is 1. The quantitative estimate of drug-likeness (QED) is 0.763. The smallest absolute Gasteiger partial charge is 0.164 e. The molecule has 0 atom stereocenters. The van der Waals surface area contributed by atoms with Gasteiger partial charge in [0.05, 0.1) is 12.7 Å². The highest BCUT2D eigenvalue weighted by Crippen LogP contribution is 2.19. The van der Waals surface area contributed by atoms with Crippen molar-refractivity contribution >= 4 is 5.78 Å².